The molecule has 0 bridgehead atoms. The smallest absolute Gasteiger partial charge is 0.323 e. The van der Waals surface area contributed by atoms with Gasteiger partial charge in [0.1, 0.15) is 10.9 Å². The maximum absolute atomic E-state index is 12.2. The van der Waals surface area contributed by atoms with E-state index in [0.29, 0.717) is 46.2 Å². The number of nitrogens with one attached hydrogen (secondary N) is 1. The maximum atomic E-state index is 12.2. The van der Waals surface area contributed by atoms with Crippen LogP contribution in [0.25, 0.3) is 0 Å². The zero-order valence-corrected chi connectivity index (χ0v) is 14.8. The van der Waals surface area contributed by atoms with Crippen LogP contribution in [-0.2, 0) is 0 Å². The number of thiazole rings is 1. The Bertz CT molecular complexity index is 795. The minimum Gasteiger partial charge on any atom is -0.368 e. The van der Waals surface area contributed by atoms with E-state index in [0.717, 1.165) is 17.0 Å². The number of benzene rings is 1. The van der Waals surface area contributed by atoms with Gasteiger partial charge in [0.2, 0.25) is 0 Å². The summed E-state index contributed by atoms with van der Waals surface area (Å²) >= 11 is 13.1. The fraction of sp³-hybridized carbons (Fsp3) is 0.267. The molecule has 0 aliphatic carbocycles. The van der Waals surface area contributed by atoms with Crippen LogP contribution in [-0.4, -0.2) is 42.1 Å². The van der Waals surface area contributed by atoms with Crippen LogP contribution < -0.4 is 10.2 Å². The Balaban J connectivity index is 1.57. The van der Waals surface area contributed by atoms with Gasteiger partial charge in [-0.2, -0.15) is 5.26 Å². The molecule has 9 heteroatoms. The number of piperazine rings is 1. The van der Waals surface area contributed by atoms with Gasteiger partial charge in [-0.05, 0) is 18.2 Å². The topological polar surface area (TPSA) is 72.3 Å². The molecule has 1 fully saturated rings. The predicted octanol–water partition coefficient (Wildman–Crippen LogP) is 3.68. The summed E-state index contributed by atoms with van der Waals surface area (Å²) in [5.41, 5.74) is 0.989. The number of amides is 2. The molecule has 124 valence electrons. The van der Waals surface area contributed by atoms with Gasteiger partial charge in [0.05, 0.1) is 16.2 Å². The number of carbonyl (C=O) groups excluding carboxylic acids is 1. The van der Waals surface area contributed by atoms with Crippen LogP contribution in [0.5, 0.6) is 0 Å². The predicted molar refractivity (Wildman–Crippen MR) is 96.1 cm³/mol. The van der Waals surface area contributed by atoms with Gasteiger partial charge in [0.25, 0.3) is 0 Å². The van der Waals surface area contributed by atoms with Gasteiger partial charge in [0, 0.05) is 31.9 Å². The average molecular weight is 382 g/mol. The van der Waals surface area contributed by atoms with Crippen LogP contribution >= 0.6 is 34.5 Å². The molecule has 1 aliphatic heterocycles. The molecule has 1 aliphatic rings. The van der Waals surface area contributed by atoms with Gasteiger partial charge in [-0.1, -0.05) is 34.5 Å². The third-order valence-corrected chi connectivity index (χ3v) is 5.22. The summed E-state index contributed by atoms with van der Waals surface area (Å²) in [5, 5.41) is 13.0. The zero-order chi connectivity index (χ0) is 17.1. The monoisotopic (exact) mass is 381 g/mol. The lowest BCUT2D eigenvalue weighted by atomic mass is 10.2. The number of hydrogen-bond donors (Lipinski definition) is 1. The number of nitrogens with zero attached hydrogens (tertiary/aromatic N) is 4. The van der Waals surface area contributed by atoms with Gasteiger partial charge >= 0.3 is 6.03 Å². The Morgan fingerprint density at radius 2 is 2.00 bits per heavy atom. The number of aromatic nitrogens is 1. The molecule has 3 rings (SSSR count). The number of urea groups is 1. The lowest BCUT2D eigenvalue weighted by Gasteiger charge is -2.36. The van der Waals surface area contributed by atoms with Crippen LogP contribution in [0.15, 0.2) is 24.4 Å². The molecule has 2 aromatic rings. The van der Waals surface area contributed by atoms with Gasteiger partial charge in [-0.15, -0.1) is 0 Å². The van der Waals surface area contributed by atoms with Gasteiger partial charge in [-0.3, -0.25) is 5.32 Å². The second-order valence-corrected chi connectivity index (χ2v) is 6.99. The largest absolute Gasteiger partial charge is 0.368 e. The van der Waals surface area contributed by atoms with E-state index in [2.05, 4.69) is 15.2 Å². The molecule has 0 saturated carbocycles. The van der Waals surface area contributed by atoms with E-state index in [4.69, 9.17) is 28.5 Å². The second-order valence-electron chi connectivity index (χ2n) is 5.14. The Morgan fingerprint density at radius 1 is 1.25 bits per heavy atom. The highest BCUT2D eigenvalue weighted by molar-refractivity contribution is 7.16. The van der Waals surface area contributed by atoms with E-state index >= 15 is 0 Å². The molecule has 1 N–H and O–H groups in total. The van der Waals surface area contributed by atoms with E-state index in [1.165, 1.54) is 6.20 Å². The maximum Gasteiger partial charge on any atom is 0.323 e. The van der Waals surface area contributed by atoms with Crippen molar-refractivity contribution in [3.63, 3.8) is 0 Å². The highest BCUT2D eigenvalue weighted by atomic mass is 35.5. The van der Waals surface area contributed by atoms with Crippen molar-refractivity contribution in [2.24, 2.45) is 0 Å². The third kappa shape index (κ3) is 3.73. The third-order valence-electron chi connectivity index (χ3n) is 3.66. The minimum absolute atomic E-state index is 0.206. The van der Waals surface area contributed by atoms with Crippen molar-refractivity contribution in [3.8, 4) is 6.07 Å². The molecule has 24 heavy (non-hydrogen) atoms. The van der Waals surface area contributed by atoms with Crippen LogP contribution in [0.1, 0.15) is 4.88 Å². The summed E-state index contributed by atoms with van der Waals surface area (Å²) in [6.45, 7) is 2.57. The first-order valence-electron chi connectivity index (χ1n) is 7.18. The molecule has 1 aromatic heterocycles. The summed E-state index contributed by atoms with van der Waals surface area (Å²) in [6.07, 6.45) is 1.45. The van der Waals surface area contributed by atoms with E-state index < -0.39 is 0 Å². The molecular formula is C15H13Cl2N5OS. The van der Waals surface area contributed by atoms with Crippen molar-refractivity contribution >= 4 is 51.4 Å². The first-order valence-corrected chi connectivity index (χ1v) is 8.76. The van der Waals surface area contributed by atoms with E-state index in [1.807, 2.05) is 18.2 Å². The zero-order valence-electron chi connectivity index (χ0n) is 12.5. The minimum atomic E-state index is -0.206. The second kappa shape index (κ2) is 7.26. The Hall–Kier alpha value is -2.01. The van der Waals surface area contributed by atoms with Gasteiger partial charge in [-0.25, -0.2) is 9.78 Å². The Labute approximate surface area is 153 Å². The summed E-state index contributed by atoms with van der Waals surface area (Å²) in [5.74, 6) is 0. The SMILES string of the molecule is N#Cc1cnc(NC(=O)N2CCN(c3ccc(Cl)c(Cl)c3)CC2)s1. The summed E-state index contributed by atoms with van der Waals surface area (Å²) in [7, 11) is 0. The summed E-state index contributed by atoms with van der Waals surface area (Å²) in [4.78, 5) is 20.6. The summed E-state index contributed by atoms with van der Waals surface area (Å²) in [6, 6.07) is 7.31. The molecule has 6 nitrogen and oxygen atoms in total. The highest BCUT2D eigenvalue weighted by Gasteiger charge is 2.22. The lowest BCUT2D eigenvalue weighted by molar-refractivity contribution is 0.208. The Kier molecular flexibility index (Phi) is 5.09. The fourth-order valence-electron chi connectivity index (χ4n) is 2.40. The normalized spacial score (nSPS) is 14.4. The van der Waals surface area contributed by atoms with Crippen LogP contribution in [0.2, 0.25) is 10.0 Å². The molecule has 1 aromatic carbocycles. The van der Waals surface area contributed by atoms with Crippen molar-refractivity contribution in [2.75, 3.05) is 36.4 Å². The standard InChI is InChI=1S/C15H13Cl2N5OS/c16-12-2-1-10(7-13(12)17)21-3-5-22(6-4-21)15(23)20-14-19-9-11(8-18)24-14/h1-2,7,9H,3-6H2,(H,19,20,23). The number of nitriles is 1. The number of rotatable bonds is 2. The molecule has 2 heterocycles. The molecule has 0 unspecified atom stereocenters. The molecule has 1 saturated heterocycles. The summed E-state index contributed by atoms with van der Waals surface area (Å²) < 4.78 is 0. The van der Waals surface area contributed by atoms with E-state index in [1.54, 1.807) is 11.0 Å². The number of hydrogen-bond acceptors (Lipinski definition) is 5. The van der Waals surface area contributed by atoms with Gasteiger partial charge < -0.3 is 9.80 Å². The molecule has 2 amide bonds. The van der Waals surface area contributed by atoms with Crippen molar-refractivity contribution in [1.82, 2.24) is 9.88 Å². The first kappa shape index (κ1) is 16.8. The fourth-order valence-corrected chi connectivity index (χ4v) is 3.30. The quantitative estimate of drug-likeness (QED) is 0.860. The lowest BCUT2D eigenvalue weighted by Crippen LogP contribution is -2.50. The van der Waals surface area contributed by atoms with E-state index in [-0.39, 0.29) is 6.03 Å². The molecule has 0 spiro atoms. The van der Waals surface area contributed by atoms with Crippen LogP contribution in [0.4, 0.5) is 15.6 Å². The first-order chi connectivity index (χ1) is 11.6. The number of carbonyl (C=O) groups is 1. The van der Waals surface area contributed by atoms with Crippen molar-refractivity contribution in [2.45, 2.75) is 0 Å². The van der Waals surface area contributed by atoms with Crippen LogP contribution in [0, 0.1) is 11.3 Å². The van der Waals surface area contributed by atoms with Crippen molar-refractivity contribution in [1.29, 1.82) is 5.26 Å². The molecule has 0 radical (unpaired) electrons. The highest BCUT2D eigenvalue weighted by Crippen LogP contribution is 2.28. The number of halogens is 2. The molecular weight excluding hydrogens is 369 g/mol. The average Bonchev–Trinajstić information content (AvgIpc) is 3.05. The Morgan fingerprint density at radius 3 is 2.62 bits per heavy atom. The number of anilines is 2. The molecule has 0 atom stereocenters. The van der Waals surface area contributed by atoms with Crippen molar-refractivity contribution < 1.29 is 4.79 Å². The van der Waals surface area contributed by atoms with Crippen LogP contribution in [0.3, 0.4) is 0 Å². The van der Waals surface area contributed by atoms with Gasteiger partial charge in [0.15, 0.2) is 5.13 Å². The van der Waals surface area contributed by atoms with E-state index in [9.17, 15) is 4.79 Å². The van der Waals surface area contributed by atoms with Crippen molar-refractivity contribution in [3.05, 3.63) is 39.3 Å².